The second-order valence-corrected chi connectivity index (χ2v) is 8.39. The summed E-state index contributed by atoms with van der Waals surface area (Å²) in [5.74, 6) is 0.599. The average molecular weight is 403 g/mol. The largest absolute Gasteiger partial charge is 0.465 e. The average Bonchev–Trinajstić information content (AvgIpc) is 2.71. The fraction of sp³-hybridized carbons (Fsp3) is 0.565. The van der Waals surface area contributed by atoms with Gasteiger partial charge in [-0.1, -0.05) is 36.9 Å². The van der Waals surface area contributed by atoms with Crippen LogP contribution in [0.5, 0.6) is 0 Å². The summed E-state index contributed by atoms with van der Waals surface area (Å²) in [5, 5.41) is 0.675. The van der Waals surface area contributed by atoms with Crippen molar-refractivity contribution >= 4 is 29.1 Å². The molecule has 0 amide bonds. The molecule has 1 aromatic carbocycles. The molecule has 1 aliphatic carbocycles. The molecule has 0 bridgehead atoms. The van der Waals surface area contributed by atoms with Gasteiger partial charge in [-0.2, -0.15) is 0 Å². The highest BCUT2D eigenvalue weighted by atomic mass is 35.5. The SMILES string of the molecule is C=CC1CCN(C2CCCCC2)C(=Nc2ccc(Cl)cc2)C1(C)C(=O)OCC. The maximum atomic E-state index is 13.2. The van der Waals surface area contributed by atoms with Crippen molar-refractivity contribution in [3.63, 3.8) is 0 Å². The number of carbonyl (C=O) groups excluding carboxylic acids is 1. The standard InChI is InChI=1S/C23H31ClN2O2/c1-4-17-15-16-26(20-9-7-6-8-10-20)21(23(17,3)22(27)28-5-2)25-19-13-11-18(24)12-14-19/h4,11-14,17,20H,1,5-10,15-16H2,2-3H3. The highest BCUT2D eigenvalue weighted by Gasteiger charge is 2.52. The van der Waals surface area contributed by atoms with Gasteiger partial charge in [-0.15, -0.1) is 6.58 Å². The van der Waals surface area contributed by atoms with E-state index < -0.39 is 5.41 Å². The van der Waals surface area contributed by atoms with Crippen LogP contribution in [0.4, 0.5) is 5.69 Å². The summed E-state index contributed by atoms with van der Waals surface area (Å²) in [6, 6.07) is 7.90. The van der Waals surface area contributed by atoms with E-state index in [1.165, 1.54) is 19.3 Å². The summed E-state index contributed by atoms with van der Waals surface area (Å²) in [7, 11) is 0. The number of likely N-dealkylation sites (tertiary alicyclic amines) is 1. The number of halogens is 1. The van der Waals surface area contributed by atoms with Crippen LogP contribution < -0.4 is 0 Å². The molecule has 1 aromatic rings. The lowest BCUT2D eigenvalue weighted by Gasteiger charge is -2.49. The van der Waals surface area contributed by atoms with E-state index in [-0.39, 0.29) is 11.9 Å². The van der Waals surface area contributed by atoms with E-state index >= 15 is 0 Å². The van der Waals surface area contributed by atoms with E-state index in [0.717, 1.165) is 37.3 Å². The summed E-state index contributed by atoms with van der Waals surface area (Å²) in [4.78, 5) is 20.6. The van der Waals surface area contributed by atoms with Crippen molar-refractivity contribution in [1.82, 2.24) is 4.90 Å². The Kier molecular flexibility index (Phi) is 6.82. The van der Waals surface area contributed by atoms with Crippen LogP contribution in [0.25, 0.3) is 0 Å². The quantitative estimate of drug-likeness (QED) is 0.463. The maximum absolute atomic E-state index is 13.2. The Labute approximate surface area is 173 Å². The van der Waals surface area contributed by atoms with Crippen LogP contribution in [0.15, 0.2) is 41.9 Å². The van der Waals surface area contributed by atoms with Gasteiger partial charge in [0.15, 0.2) is 0 Å². The highest BCUT2D eigenvalue weighted by Crippen LogP contribution is 2.42. The number of esters is 1. The van der Waals surface area contributed by atoms with Gasteiger partial charge in [-0.3, -0.25) is 4.79 Å². The zero-order valence-electron chi connectivity index (χ0n) is 17.0. The zero-order valence-corrected chi connectivity index (χ0v) is 17.8. The molecule has 28 heavy (non-hydrogen) atoms. The molecule has 4 nitrogen and oxygen atoms in total. The van der Waals surface area contributed by atoms with Gasteiger partial charge in [0.05, 0.1) is 12.3 Å². The van der Waals surface area contributed by atoms with E-state index in [4.69, 9.17) is 21.3 Å². The Bertz CT molecular complexity index is 725. The molecule has 1 heterocycles. The number of carbonyl (C=O) groups is 1. The lowest BCUT2D eigenvalue weighted by molar-refractivity contribution is -0.153. The molecule has 3 rings (SSSR count). The molecule has 1 saturated heterocycles. The van der Waals surface area contributed by atoms with Crippen LogP contribution in [0.3, 0.4) is 0 Å². The summed E-state index contributed by atoms with van der Waals surface area (Å²) in [6.45, 7) is 9.09. The molecular weight excluding hydrogens is 372 g/mol. The molecule has 2 aliphatic rings. The maximum Gasteiger partial charge on any atom is 0.320 e. The molecule has 0 N–H and O–H groups in total. The molecule has 2 atom stereocenters. The topological polar surface area (TPSA) is 41.9 Å². The minimum Gasteiger partial charge on any atom is -0.465 e. The Morgan fingerprint density at radius 2 is 1.96 bits per heavy atom. The molecule has 0 aromatic heterocycles. The van der Waals surface area contributed by atoms with Crippen LogP contribution in [0, 0.1) is 11.3 Å². The van der Waals surface area contributed by atoms with Gasteiger partial charge >= 0.3 is 5.97 Å². The summed E-state index contributed by atoms with van der Waals surface area (Å²) in [5.41, 5.74) is -0.0342. The van der Waals surface area contributed by atoms with Crippen molar-refractivity contribution < 1.29 is 9.53 Å². The van der Waals surface area contributed by atoms with Gasteiger partial charge < -0.3 is 9.64 Å². The van der Waals surface area contributed by atoms with Crippen molar-refractivity contribution in [2.24, 2.45) is 16.3 Å². The highest BCUT2D eigenvalue weighted by molar-refractivity contribution is 6.30. The summed E-state index contributed by atoms with van der Waals surface area (Å²) < 4.78 is 5.52. The first-order valence-corrected chi connectivity index (χ1v) is 10.8. The van der Waals surface area contributed by atoms with Gasteiger partial charge in [0.2, 0.25) is 0 Å². The Morgan fingerprint density at radius 1 is 1.29 bits per heavy atom. The van der Waals surface area contributed by atoms with E-state index in [2.05, 4.69) is 11.5 Å². The molecular formula is C23H31ClN2O2. The van der Waals surface area contributed by atoms with Crippen molar-refractivity contribution in [3.8, 4) is 0 Å². The van der Waals surface area contributed by atoms with Gasteiger partial charge in [-0.05, 0) is 57.4 Å². The van der Waals surface area contributed by atoms with Gasteiger partial charge in [0.1, 0.15) is 11.3 Å². The molecule has 5 heteroatoms. The van der Waals surface area contributed by atoms with Gasteiger partial charge in [0, 0.05) is 23.5 Å². The lowest BCUT2D eigenvalue weighted by Crippen LogP contribution is -2.59. The molecule has 0 spiro atoms. The van der Waals surface area contributed by atoms with Crippen molar-refractivity contribution in [3.05, 3.63) is 41.9 Å². The van der Waals surface area contributed by atoms with Crippen LogP contribution in [0.2, 0.25) is 5.02 Å². The Morgan fingerprint density at radius 3 is 2.57 bits per heavy atom. The van der Waals surface area contributed by atoms with Crippen LogP contribution in [0.1, 0.15) is 52.4 Å². The second kappa shape index (κ2) is 9.13. The smallest absolute Gasteiger partial charge is 0.320 e. The van der Waals surface area contributed by atoms with Crippen LogP contribution >= 0.6 is 11.6 Å². The minimum absolute atomic E-state index is 0.00237. The number of hydrogen-bond donors (Lipinski definition) is 0. The number of allylic oxidation sites excluding steroid dienone is 1. The first-order chi connectivity index (χ1) is 13.5. The Balaban J connectivity index is 2.08. The third kappa shape index (κ3) is 4.12. The second-order valence-electron chi connectivity index (χ2n) is 7.95. The molecule has 2 fully saturated rings. The summed E-state index contributed by atoms with van der Waals surface area (Å²) >= 11 is 6.05. The Hall–Kier alpha value is -1.81. The van der Waals surface area contributed by atoms with Crippen molar-refractivity contribution in [2.45, 2.75) is 58.4 Å². The van der Waals surface area contributed by atoms with Crippen molar-refractivity contribution in [1.29, 1.82) is 0 Å². The molecule has 1 aliphatic heterocycles. The first kappa shape index (κ1) is 20.9. The number of hydrogen-bond acceptors (Lipinski definition) is 3. The molecule has 152 valence electrons. The van der Waals surface area contributed by atoms with E-state index in [1.54, 1.807) is 0 Å². The van der Waals surface area contributed by atoms with E-state index in [1.807, 2.05) is 44.2 Å². The first-order valence-electron chi connectivity index (χ1n) is 10.4. The molecule has 0 radical (unpaired) electrons. The predicted octanol–water partition coefficient (Wildman–Crippen LogP) is 5.78. The van der Waals surface area contributed by atoms with E-state index in [9.17, 15) is 4.79 Å². The number of ether oxygens (including phenoxy) is 1. The number of aliphatic imine (C=N–C) groups is 1. The fourth-order valence-corrected chi connectivity index (χ4v) is 4.71. The van der Waals surface area contributed by atoms with E-state index in [0.29, 0.717) is 17.7 Å². The third-order valence-corrected chi connectivity index (χ3v) is 6.47. The van der Waals surface area contributed by atoms with Crippen molar-refractivity contribution in [2.75, 3.05) is 13.2 Å². The number of nitrogens with zero attached hydrogens (tertiary/aromatic N) is 2. The number of rotatable bonds is 5. The summed E-state index contributed by atoms with van der Waals surface area (Å²) in [6.07, 6.45) is 8.83. The number of piperidine rings is 1. The van der Waals surface area contributed by atoms with Gasteiger partial charge in [-0.25, -0.2) is 4.99 Å². The minimum atomic E-state index is -0.840. The normalized spacial score (nSPS) is 27.6. The van der Waals surface area contributed by atoms with Gasteiger partial charge in [0.25, 0.3) is 0 Å². The zero-order chi connectivity index (χ0) is 20.1. The fourth-order valence-electron chi connectivity index (χ4n) is 4.58. The third-order valence-electron chi connectivity index (χ3n) is 6.22. The monoisotopic (exact) mass is 402 g/mol. The van der Waals surface area contributed by atoms with Crippen LogP contribution in [-0.4, -0.2) is 35.9 Å². The van der Waals surface area contributed by atoms with Crippen LogP contribution in [-0.2, 0) is 9.53 Å². The lowest BCUT2D eigenvalue weighted by atomic mass is 9.70. The molecule has 2 unspecified atom stereocenters. The predicted molar refractivity (Wildman–Crippen MR) is 115 cm³/mol. The molecule has 1 saturated carbocycles. The number of benzene rings is 1. The number of amidine groups is 1.